The van der Waals surface area contributed by atoms with Crippen molar-refractivity contribution in [1.29, 1.82) is 0 Å². The lowest BCUT2D eigenvalue weighted by Gasteiger charge is -2.62. The van der Waals surface area contributed by atoms with Gasteiger partial charge in [0.05, 0.1) is 18.8 Å². The highest BCUT2D eigenvalue weighted by Gasteiger charge is 2.61. The van der Waals surface area contributed by atoms with Crippen molar-refractivity contribution in [2.75, 3.05) is 13.2 Å². The van der Waals surface area contributed by atoms with Gasteiger partial charge in [-0.1, -0.05) is 38.5 Å². The van der Waals surface area contributed by atoms with Crippen LogP contribution in [0.5, 0.6) is 0 Å². The Bertz CT molecular complexity index is 823. The van der Waals surface area contributed by atoms with Gasteiger partial charge in [-0.15, -0.1) is 6.58 Å². The SMILES string of the molecule is C=C[C@@]1(C)CCC2C(=CCC3[C@]2(C)C[C@@H](O)[C@H](O)[C@]3(C)COC2OC(CO)=CC(O)C2O)C1. The third kappa shape index (κ3) is 4.11. The van der Waals surface area contributed by atoms with Crippen molar-refractivity contribution < 1.29 is 35.0 Å². The standard InChI is InChI=1S/C26H40O7/c1-5-24(2)9-8-17-15(11-24)6-7-20-25(17,3)12-19(29)22(31)26(20,4)14-32-23-21(30)18(28)10-16(13-27)33-23/h5-6,10,17-23,27-31H,1,7-9,11-14H2,2-4H3/t17?,18?,19-,20?,21?,22+,23?,24+,25-,26-/m1/s1. The molecule has 0 saturated heterocycles. The Hall–Kier alpha value is -1.22. The molecule has 7 nitrogen and oxygen atoms in total. The zero-order chi connectivity index (χ0) is 24.2. The molecular weight excluding hydrogens is 424 g/mol. The fourth-order valence-corrected chi connectivity index (χ4v) is 7.15. The van der Waals surface area contributed by atoms with Gasteiger partial charge >= 0.3 is 0 Å². The quantitative estimate of drug-likeness (QED) is 0.395. The second kappa shape index (κ2) is 8.77. The molecule has 0 aromatic heterocycles. The van der Waals surface area contributed by atoms with Gasteiger partial charge < -0.3 is 35.0 Å². The van der Waals surface area contributed by atoms with E-state index in [1.165, 1.54) is 11.6 Å². The monoisotopic (exact) mass is 464 g/mol. The highest BCUT2D eigenvalue weighted by atomic mass is 16.7. The summed E-state index contributed by atoms with van der Waals surface area (Å²) in [6.45, 7) is 10.1. The first-order valence-electron chi connectivity index (χ1n) is 12.1. The van der Waals surface area contributed by atoms with Gasteiger partial charge in [0.15, 0.2) is 0 Å². The van der Waals surface area contributed by atoms with Gasteiger partial charge in [0.2, 0.25) is 6.29 Å². The fourth-order valence-electron chi connectivity index (χ4n) is 7.15. The molecule has 0 amide bonds. The van der Waals surface area contributed by atoms with E-state index in [2.05, 4.69) is 32.6 Å². The summed E-state index contributed by atoms with van der Waals surface area (Å²) in [6, 6.07) is 0. The molecule has 10 atom stereocenters. The maximum Gasteiger partial charge on any atom is 0.228 e. The van der Waals surface area contributed by atoms with Crippen LogP contribution in [-0.4, -0.2) is 69.5 Å². The molecule has 1 aliphatic heterocycles. The van der Waals surface area contributed by atoms with Crippen molar-refractivity contribution in [2.45, 2.75) is 83.6 Å². The number of hydrogen-bond donors (Lipinski definition) is 5. The van der Waals surface area contributed by atoms with Crippen LogP contribution in [0.25, 0.3) is 0 Å². The van der Waals surface area contributed by atoms with Gasteiger partial charge in [-0.2, -0.15) is 0 Å². The van der Waals surface area contributed by atoms with E-state index in [1.54, 1.807) is 0 Å². The lowest BCUT2D eigenvalue weighted by atomic mass is 9.44. The average molecular weight is 465 g/mol. The molecule has 3 aliphatic carbocycles. The second-order valence-electron chi connectivity index (χ2n) is 11.5. The zero-order valence-electron chi connectivity index (χ0n) is 20.0. The summed E-state index contributed by atoms with van der Waals surface area (Å²) >= 11 is 0. The van der Waals surface area contributed by atoms with Gasteiger partial charge in [-0.05, 0) is 60.8 Å². The van der Waals surface area contributed by atoms with Crippen LogP contribution in [-0.2, 0) is 9.47 Å². The van der Waals surface area contributed by atoms with Crippen LogP contribution in [0.2, 0.25) is 0 Å². The molecule has 0 bridgehead atoms. The fraction of sp³-hybridized carbons (Fsp3) is 0.769. The van der Waals surface area contributed by atoms with Crippen LogP contribution in [0.4, 0.5) is 0 Å². The number of aliphatic hydroxyl groups is 5. The number of ether oxygens (including phenoxy) is 2. The first-order valence-corrected chi connectivity index (χ1v) is 12.1. The number of allylic oxidation sites excluding steroid dienone is 3. The number of aliphatic hydroxyl groups excluding tert-OH is 5. The summed E-state index contributed by atoms with van der Waals surface area (Å²) in [5.41, 5.74) is 0.534. The van der Waals surface area contributed by atoms with Crippen molar-refractivity contribution in [3.05, 3.63) is 36.1 Å². The van der Waals surface area contributed by atoms with Gasteiger partial charge in [0.1, 0.15) is 24.6 Å². The third-order valence-electron chi connectivity index (χ3n) is 9.21. The summed E-state index contributed by atoms with van der Waals surface area (Å²) < 4.78 is 11.5. The molecule has 0 spiro atoms. The van der Waals surface area contributed by atoms with E-state index in [1.807, 2.05) is 6.92 Å². The minimum Gasteiger partial charge on any atom is -0.464 e. The lowest BCUT2D eigenvalue weighted by molar-refractivity contribution is -0.253. The summed E-state index contributed by atoms with van der Waals surface area (Å²) in [5, 5.41) is 51.9. The molecule has 33 heavy (non-hydrogen) atoms. The molecule has 2 saturated carbocycles. The summed E-state index contributed by atoms with van der Waals surface area (Å²) in [6.07, 6.45) is 4.41. The Morgan fingerprint density at radius 3 is 2.61 bits per heavy atom. The topological polar surface area (TPSA) is 120 Å². The van der Waals surface area contributed by atoms with E-state index in [0.717, 1.165) is 25.7 Å². The molecule has 0 aromatic rings. The van der Waals surface area contributed by atoms with Crippen molar-refractivity contribution in [2.24, 2.45) is 28.1 Å². The van der Waals surface area contributed by atoms with Crippen LogP contribution in [0.3, 0.4) is 0 Å². The molecule has 5 unspecified atom stereocenters. The molecule has 7 heteroatoms. The molecule has 4 aliphatic rings. The predicted molar refractivity (Wildman–Crippen MR) is 123 cm³/mol. The van der Waals surface area contributed by atoms with Crippen LogP contribution in [0.15, 0.2) is 36.1 Å². The Morgan fingerprint density at radius 1 is 1.21 bits per heavy atom. The molecule has 1 heterocycles. The minimum atomic E-state index is -1.31. The van der Waals surface area contributed by atoms with Crippen LogP contribution in [0, 0.1) is 28.1 Å². The van der Waals surface area contributed by atoms with Gasteiger partial charge in [0, 0.05) is 5.41 Å². The minimum absolute atomic E-state index is 0.0406. The van der Waals surface area contributed by atoms with Gasteiger partial charge in [-0.3, -0.25) is 0 Å². The summed E-state index contributed by atoms with van der Waals surface area (Å²) in [5.74, 6) is 0.520. The smallest absolute Gasteiger partial charge is 0.228 e. The number of fused-ring (bicyclic) bond motifs is 3. The molecule has 186 valence electrons. The zero-order valence-corrected chi connectivity index (χ0v) is 20.0. The highest BCUT2D eigenvalue weighted by Crippen LogP contribution is 2.63. The van der Waals surface area contributed by atoms with Crippen molar-refractivity contribution in [3.8, 4) is 0 Å². The molecule has 5 N–H and O–H groups in total. The third-order valence-corrected chi connectivity index (χ3v) is 9.21. The van der Waals surface area contributed by atoms with Crippen molar-refractivity contribution >= 4 is 0 Å². The normalized spacial score (nSPS) is 49.8. The van der Waals surface area contributed by atoms with Crippen LogP contribution < -0.4 is 0 Å². The Kier molecular flexibility index (Phi) is 6.62. The first-order chi connectivity index (χ1) is 15.5. The summed E-state index contributed by atoms with van der Waals surface area (Å²) in [7, 11) is 0. The molecule has 4 rings (SSSR count). The Morgan fingerprint density at radius 2 is 1.94 bits per heavy atom. The maximum atomic E-state index is 11.1. The molecule has 2 fully saturated rings. The molecule has 0 aromatic carbocycles. The molecular formula is C26H40O7. The van der Waals surface area contributed by atoms with Gasteiger partial charge in [0.25, 0.3) is 0 Å². The van der Waals surface area contributed by atoms with Crippen LogP contribution >= 0.6 is 0 Å². The predicted octanol–water partition coefficient (Wildman–Crippen LogP) is 2.03. The Labute approximate surface area is 196 Å². The largest absolute Gasteiger partial charge is 0.464 e. The van der Waals surface area contributed by atoms with E-state index in [0.29, 0.717) is 12.3 Å². The maximum absolute atomic E-state index is 11.1. The van der Waals surface area contributed by atoms with E-state index in [9.17, 15) is 25.5 Å². The second-order valence-corrected chi connectivity index (χ2v) is 11.5. The molecule has 0 radical (unpaired) electrons. The van der Waals surface area contributed by atoms with Crippen molar-refractivity contribution in [3.63, 3.8) is 0 Å². The van der Waals surface area contributed by atoms with Gasteiger partial charge in [-0.25, -0.2) is 0 Å². The highest BCUT2D eigenvalue weighted by molar-refractivity contribution is 5.26. The van der Waals surface area contributed by atoms with E-state index in [4.69, 9.17) is 9.47 Å². The lowest BCUT2D eigenvalue weighted by Crippen LogP contribution is -2.63. The Balaban J connectivity index is 1.59. The average Bonchev–Trinajstić information content (AvgIpc) is 2.78. The summed E-state index contributed by atoms with van der Waals surface area (Å²) in [4.78, 5) is 0. The number of hydrogen-bond acceptors (Lipinski definition) is 7. The van der Waals surface area contributed by atoms with E-state index in [-0.39, 0.29) is 29.1 Å². The van der Waals surface area contributed by atoms with Crippen molar-refractivity contribution in [1.82, 2.24) is 0 Å². The van der Waals surface area contributed by atoms with E-state index < -0.39 is 42.7 Å². The first kappa shape index (κ1) is 24.9. The number of rotatable bonds is 5. The van der Waals surface area contributed by atoms with Crippen LogP contribution in [0.1, 0.15) is 52.9 Å². The van der Waals surface area contributed by atoms with E-state index >= 15 is 0 Å².